The van der Waals surface area contributed by atoms with Crippen LogP contribution in [0.5, 0.6) is 0 Å². The minimum Gasteiger partial charge on any atom is -0.369 e. The zero-order chi connectivity index (χ0) is 12.4. The highest BCUT2D eigenvalue weighted by Crippen LogP contribution is 2.21. The number of rotatable bonds is 2. The molecule has 1 heterocycles. The molecule has 17 heavy (non-hydrogen) atoms. The van der Waals surface area contributed by atoms with Crippen LogP contribution in [-0.4, -0.2) is 24.8 Å². The third-order valence-corrected chi connectivity index (χ3v) is 2.96. The summed E-state index contributed by atoms with van der Waals surface area (Å²) >= 11 is 0. The third-order valence-electron chi connectivity index (χ3n) is 2.96. The number of Topliss-reactive ketones (excluding diaryl/α,β-unsaturated/α-hetero) is 1. The number of piperidine rings is 1. The first-order valence-corrected chi connectivity index (χ1v) is 5.40. The molecule has 1 unspecified atom stereocenters. The monoisotopic (exact) mass is 236 g/mol. The molecular weight excluding hydrogens is 223 g/mol. The molecule has 1 aromatic carbocycles. The lowest BCUT2D eigenvalue weighted by atomic mass is 9.94. The topological polar surface area (TPSA) is 63.4 Å². The highest BCUT2D eigenvalue weighted by Gasteiger charge is 2.30. The van der Waals surface area contributed by atoms with Crippen LogP contribution in [0.4, 0.5) is 10.1 Å². The van der Waals surface area contributed by atoms with Gasteiger partial charge in [0, 0.05) is 12.2 Å². The molecule has 1 amide bonds. The predicted octanol–water partition coefficient (Wildman–Crippen LogP) is 0.706. The van der Waals surface area contributed by atoms with Crippen molar-refractivity contribution in [3.63, 3.8) is 0 Å². The van der Waals surface area contributed by atoms with Gasteiger partial charge in [-0.15, -0.1) is 0 Å². The predicted molar refractivity (Wildman–Crippen MR) is 60.9 cm³/mol. The van der Waals surface area contributed by atoms with Crippen LogP contribution >= 0.6 is 0 Å². The Labute approximate surface area is 98.2 Å². The fourth-order valence-corrected chi connectivity index (χ4v) is 2.00. The Kier molecular flexibility index (Phi) is 3.08. The number of amides is 1. The maximum Gasteiger partial charge on any atom is 0.228 e. The fraction of sp³-hybridized carbons (Fsp3) is 0.333. The van der Waals surface area contributed by atoms with Gasteiger partial charge in [-0.3, -0.25) is 9.59 Å². The van der Waals surface area contributed by atoms with Gasteiger partial charge in [-0.1, -0.05) is 0 Å². The van der Waals surface area contributed by atoms with Crippen molar-refractivity contribution in [2.24, 2.45) is 11.7 Å². The summed E-state index contributed by atoms with van der Waals surface area (Å²) in [4.78, 5) is 24.5. The van der Waals surface area contributed by atoms with Crippen molar-refractivity contribution in [1.29, 1.82) is 0 Å². The number of nitrogens with zero attached hydrogens (tertiary/aromatic N) is 1. The number of nitrogens with two attached hydrogens (primary N) is 1. The van der Waals surface area contributed by atoms with E-state index in [0.717, 1.165) is 5.69 Å². The maximum atomic E-state index is 12.8. The number of ketones is 1. The van der Waals surface area contributed by atoms with E-state index in [0.29, 0.717) is 13.0 Å². The number of carbonyl (C=O) groups is 2. The van der Waals surface area contributed by atoms with Gasteiger partial charge in [0.2, 0.25) is 5.91 Å². The lowest BCUT2D eigenvalue weighted by Crippen LogP contribution is -2.45. The van der Waals surface area contributed by atoms with Crippen LogP contribution in [0.2, 0.25) is 0 Å². The van der Waals surface area contributed by atoms with E-state index >= 15 is 0 Å². The van der Waals surface area contributed by atoms with Gasteiger partial charge in [0.25, 0.3) is 0 Å². The summed E-state index contributed by atoms with van der Waals surface area (Å²) in [5.74, 6) is -1.72. The number of carbonyl (C=O) groups excluding carboxylic acids is 2. The molecule has 0 radical (unpaired) electrons. The number of halogens is 1. The Morgan fingerprint density at radius 2 is 2.00 bits per heavy atom. The first kappa shape index (κ1) is 11.6. The van der Waals surface area contributed by atoms with Crippen molar-refractivity contribution in [3.05, 3.63) is 30.1 Å². The van der Waals surface area contributed by atoms with Crippen LogP contribution in [-0.2, 0) is 9.59 Å². The molecule has 4 nitrogen and oxygen atoms in total. The van der Waals surface area contributed by atoms with Crippen LogP contribution in [0, 0.1) is 11.7 Å². The van der Waals surface area contributed by atoms with Gasteiger partial charge < -0.3 is 10.6 Å². The molecule has 0 aliphatic carbocycles. The molecule has 5 heteroatoms. The average molecular weight is 236 g/mol. The summed E-state index contributed by atoms with van der Waals surface area (Å²) < 4.78 is 12.8. The van der Waals surface area contributed by atoms with E-state index in [2.05, 4.69) is 0 Å². The molecule has 1 aliphatic heterocycles. The highest BCUT2D eigenvalue weighted by molar-refractivity contribution is 6.03. The smallest absolute Gasteiger partial charge is 0.228 e. The Balaban J connectivity index is 2.09. The Hall–Kier alpha value is -1.91. The Morgan fingerprint density at radius 3 is 2.53 bits per heavy atom. The quantitative estimate of drug-likeness (QED) is 0.769. The van der Waals surface area contributed by atoms with Gasteiger partial charge in [0.05, 0.1) is 12.5 Å². The van der Waals surface area contributed by atoms with Gasteiger partial charge >= 0.3 is 0 Å². The van der Waals surface area contributed by atoms with E-state index in [4.69, 9.17) is 5.73 Å². The average Bonchev–Trinajstić information content (AvgIpc) is 2.29. The van der Waals surface area contributed by atoms with E-state index in [9.17, 15) is 14.0 Å². The van der Waals surface area contributed by atoms with Crippen molar-refractivity contribution in [1.82, 2.24) is 0 Å². The Bertz CT molecular complexity index is 444. The number of primary amides is 1. The molecule has 0 aromatic heterocycles. The molecule has 2 N–H and O–H groups in total. The van der Waals surface area contributed by atoms with E-state index in [1.165, 1.54) is 12.1 Å². The minimum atomic E-state index is -0.674. The van der Waals surface area contributed by atoms with Crippen LogP contribution in [0.25, 0.3) is 0 Å². The highest BCUT2D eigenvalue weighted by atomic mass is 19.1. The lowest BCUT2D eigenvalue weighted by molar-refractivity contribution is -0.132. The lowest BCUT2D eigenvalue weighted by Gasteiger charge is -2.31. The maximum absolute atomic E-state index is 12.8. The normalized spacial score (nSPS) is 20.4. The second kappa shape index (κ2) is 4.53. The fourth-order valence-electron chi connectivity index (χ4n) is 2.00. The summed E-state index contributed by atoms with van der Waals surface area (Å²) in [5.41, 5.74) is 5.91. The van der Waals surface area contributed by atoms with Crippen LogP contribution < -0.4 is 10.6 Å². The summed E-state index contributed by atoms with van der Waals surface area (Å²) in [6.07, 6.45) is 0.422. The third kappa shape index (κ3) is 2.43. The molecule has 1 saturated heterocycles. The number of hydrogen-bond donors (Lipinski definition) is 1. The molecule has 0 saturated carbocycles. The van der Waals surface area contributed by atoms with Crippen molar-refractivity contribution < 1.29 is 14.0 Å². The summed E-state index contributed by atoms with van der Waals surface area (Å²) in [6.45, 7) is 0.726. The van der Waals surface area contributed by atoms with Crippen LogP contribution in [0.1, 0.15) is 6.42 Å². The molecule has 0 bridgehead atoms. The second-order valence-corrected chi connectivity index (χ2v) is 4.11. The SMILES string of the molecule is NC(=O)C1CCN(c2ccc(F)cc2)CC1=O. The molecule has 2 rings (SSSR count). The first-order chi connectivity index (χ1) is 8.08. The van der Waals surface area contributed by atoms with Crippen molar-refractivity contribution in [2.45, 2.75) is 6.42 Å². The largest absolute Gasteiger partial charge is 0.369 e. The second-order valence-electron chi connectivity index (χ2n) is 4.11. The molecule has 0 spiro atoms. The zero-order valence-electron chi connectivity index (χ0n) is 9.23. The molecule has 1 atom stereocenters. The van der Waals surface area contributed by atoms with E-state index in [1.807, 2.05) is 4.90 Å². The Morgan fingerprint density at radius 1 is 1.35 bits per heavy atom. The van der Waals surface area contributed by atoms with Gasteiger partial charge in [0.1, 0.15) is 5.82 Å². The summed E-state index contributed by atoms with van der Waals surface area (Å²) in [7, 11) is 0. The summed E-state index contributed by atoms with van der Waals surface area (Å²) in [5, 5.41) is 0. The minimum absolute atomic E-state index is 0.152. The van der Waals surface area contributed by atoms with Gasteiger partial charge in [0.15, 0.2) is 5.78 Å². The van der Waals surface area contributed by atoms with Gasteiger partial charge in [-0.25, -0.2) is 4.39 Å². The number of anilines is 1. The molecule has 1 fully saturated rings. The van der Waals surface area contributed by atoms with Crippen molar-refractivity contribution in [2.75, 3.05) is 18.0 Å². The van der Waals surface area contributed by atoms with E-state index < -0.39 is 11.8 Å². The van der Waals surface area contributed by atoms with Crippen molar-refractivity contribution in [3.8, 4) is 0 Å². The zero-order valence-corrected chi connectivity index (χ0v) is 9.23. The summed E-state index contributed by atoms with van der Waals surface area (Å²) in [6, 6.07) is 5.93. The van der Waals surface area contributed by atoms with Gasteiger partial charge in [-0.05, 0) is 30.7 Å². The first-order valence-electron chi connectivity index (χ1n) is 5.40. The van der Waals surface area contributed by atoms with E-state index in [-0.39, 0.29) is 18.1 Å². The van der Waals surface area contributed by atoms with Crippen LogP contribution in [0.3, 0.4) is 0 Å². The van der Waals surface area contributed by atoms with Crippen molar-refractivity contribution >= 4 is 17.4 Å². The molecule has 1 aliphatic rings. The standard InChI is InChI=1S/C12H13FN2O2/c13-8-1-3-9(4-2-8)15-6-5-10(12(14)17)11(16)7-15/h1-4,10H,5-7H2,(H2,14,17). The van der Waals surface area contributed by atoms with E-state index in [1.54, 1.807) is 12.1 Å². The van der Waals surface area contributed by atoms with Crippen LogP contribution in [0.15, 0.2) is 24.3 Å². The number of benzene rings is 1. The molecule has 90 valence electrons. The molecule has 1 aromatic rings. The number of hydrogen-bond acceptors (Lipinski definition) is 3. The molecular formula is C12H13FN2O2. The van der Waals surface area contributed by atoms with Gasteiger partial charge in [-0.2, -0.15) is 0 Å².